The third-order valence-electron chi connectivity index (χ3n) is 4.43. The first-order valence-corrected chi connectivity index (χ1v) is 15.0. The van der Waals surface area contributed by atoms with Crippen molar-refractivity contribution in [2.45, 2.75) is 19.6 Å². The fourth-order valence-electron chi connectivity index (χ4n) is 3.17. The number of hydrogen-bond acceptors (Lipinski definition) is 0. The summed E-state index contributed by atoms with van der Waals surface area (Å²) in [7, 11) is -1.36. The molecule has 2 heteroatoms. The standard InChI is InChI=1S/C26H27PSi/c1-28(2,3)23-15-7-14-22-27(24-16-8-4-9-17-24,25-18-10-5-11-19-25)26-20-12-6-13-21-26/h4-14,16-22H,1-3H3. The van der Waals surface area contributed by atoms with Crippen molar-refractivity contribution in [3.05, 3.63) is 103 Å². The summed E-state index contributed by atoms with van der Waals surface area (Å²) >= 11 is 0. The van der Waals surface area contributed by atoms with Crippen LogP contribution in [0.25, 0.3) is 0 Å². The zero-order valence-electron chi connectivity index (χ0n) is 16.8. The lowest BCUT2D eigenvalue weighted by Gasteiger charge is -2.28. The summed E-state index contributed by atoms with van der Waals surface area (Å²) in [4.78, 5) is 0. The third kappa shape index (κ3) is 4.85. The van der Waals surface area contributed by atoms with Crippen molar-refractivity contribution in [3.63, 3.8) is 0 Å². The van der Waals surface area contributed by atoms with E-state index in [1.54, 1.807) is 0 Å². The molecule has 140 valence electrons. The van der Waals surface area contributed by atoms with E-state index < -0.39 is 15.0 Å². The molecule has 0 aliphatic heterocycles. The summed E-state index contributed by atoms with van der Waals surface area (Å²) in [5.74, 6) is 5.66. The summed E-state index contributed by atoms with van der Waals surface area (Å²) in [5, 5.41) is 4.07. The molecule has 28 heavy (non-hydrogen) atoms. The third-order valence-corrected chi connectivity index (χ3v) is 9.28. The molecule has 0 saturated carbocycles. The quantitative estimate of drug-likeness (QED) is 0.321. The van der Waals surface area contributed by atoms with Gasteiger partial charge in [-0.1, -0.05) is 128 Å². The Labute approximate surface area is 170 Å². The molecule has 0 aromatic heterocycles. The van der Waals surface area contributed by atoms with E-state index in [0.29, 0.717) is 0 Å². The molecule has 3 aromatic carbocycles. The SMILES string of the molecule is C[Si](C)(C)C#CC=CC=P(c1ccccc1)(c1ccccc1)c1ccccc1. The van der Waals surface area contributed by atoms with Gasteiger partial charge in [-0.3, -0.25) is 0 Å². The van der Waals surface area contributed by atoms with E-state index in [9.17, 15) is 0 Å². The fraction of sp³-hybridized carbons (Fsp3) is 0.115. The molecule has 0 spiro atoms. The number of hydrogen-bond donors (Lipinski definition) is 0. The van der Waals surface area contributed by atoms with E-state index in [1.165, 1.54) is 15.9 Å². The highest BCUT2D eigenvalue weighted by molar-refractivity contribution is 7.94. The molecule has 0 atom stereocenters. The van der Waals surface area contributed by atoms with Crippen LogP contribution in [0.4, 0.5) is 0 Å². The average molecular weight is 399 g/mol. The minimum Gasteiger partial charge on any atom is -0.127 e. The van der Waals surface area contributed by atoms with Crippen molar-refractivity contribution in [2.75, 3.05) is 0 Å². The Morgan fingerprint density at radius 3 is 1.39 bits per heavy atom. The van der Waals surface area contributed by atoms with Gasteiger partial charge in [-0.15, -0.1) is 5.54 Å². The molecule has 0 radical (unpaired) electrons. The molecule has 0 bridgehead atoms. The van der Waals surface area contributed by atoms with Gasteiger partial charge in [0.15, 0.2) is 0 Å². The van der Waals surface area contributed by atoms with Crippen molar-refractivity contribution >= 4 is 36.7 Å². The predicted molar refractivity (Wildman–Crippen MR) is 131 cm³/mol. The maximum atomic E-state index is 3.42. The van der Waals surface area contributed by atoms with Crippen molar-refractivity contribution in [2.24, 2.45) is 0 Å². The molecule has 0 saturated heterocycles. The Bertz CT molecular complexity index is 928. The molecule has 0 amide bonds. The van der Waals surface area contributed by atoms with Gasteiger partial charge in [-0.25, -0.2) is 0 Å². The number of allylic oxidation sites excluding steroid dienone is 2. The van der Waals surface area contributed by atoms with E-state index in [2.05, 4.69) is 134 Å². The largest absolute Gasteiger partial charge is 0.129 e. The predicted octanol–water partition coefficient (Wildman–Crippen LogP) is 5.22. The highest BCUT2D eigenvalue weighted by Crippen LogP contribution is 2.43. The molecular formula is C26H27PSi. The maximum absolute atomic E-state index is 3.42. The minimum absolute atomic E-state index is 1.36. The van der Waals surface area contributed by atoms with Crippen LogP contribution in [0.2, 0.25) is 19.6 Å². The Morgan fingerprint density at radius 2 is 1.04 bits per heavy atom. The number of rotatable bonds is 4. The van der Waals surface area contributed by atoms with Crippen LogP contribution in [0.1, 0.15) is 0 Å². The average Bonchev–Trinajstić information content (AvgIpc) is 2.72. The van der Waals surface area contributed by atoms with Gasteiger partial charge in [0.25, 0.3) is 0 Å². The molecular weight excluding hydrogens is 371 g/mol. The van der Waals surface area contributed by atoms with Gasteiger partial charge in [-0.05, 0) is 28.9 Å². The summed E-state index contributed by atoms with van der Waals surface area (Å²) in [6, 6.07) is 32.6. The summed E-state index contributed by atoms with van der Waals surface area (Å²) in [6.07, 6.45) is 4.18. The highest BCUT2D eigenvalue weighted by Gasteiger charge is 2.23. The maximum Gasteiger partial charge on any atom is 0.129 e. The van der Waals surface area contributed by atoms with Crippen LogP contribution >= 0.6 is 6.89 Å². The van der Waals surface area contributed by atoms with Gasteiger partial charge < -0.3 is 0 Å². The van der Waals surface area contributed by atoms with Crippen LogP contribution in [0, 0.1) is 11.5 Å². The lowest BCUT2D eigenvalue weighted by Crippen LogP contribution is -2.26. The van der Waals surface area contributed by atoms with Gasteiger partial charge in [0, 0.05) is 0 Å². The first-order valence-electron chi connectivity index (χ1n) is 9.62. The summed E-state index contributed by atoms with van der Waals surface area (Å²) in [5.41, 5.74) is 3.42. The molecule has 0 nitrogen and oxygen atoms in total. The van der Waals surface area contributed by atoms with Crippen LogP contribution in [0.3, 0.4) is 0 Å². The van der Waals surface area contributed by atoms with E-state index >= 15 is 0 Å². The molecule has 0 aliphatic carbocycles. The monoisotopic (exact) mass is 398 g/mol. The fourth-order valence-corrected chi connectivity index (χ4v) is 7.37. The molecule has 0 heterocycles. The second-order valence-electron chi connectivity index (χ2n) is 7.76. The van der Waals surface area contributed by atoms with Crippen molar-refractivity contribution in [1.29, 1.82) is 0 Å². The lowest BCUT2D eigenvalue weighted by molar-refractivity contribution is 1.73. The molecule has 0 unspecified atom stereocenters. The minimum atomic E-state index is -1.90. The zero-order chi connectivity index (χ0) is 19.9. The highest BCUT2D eigenvalue weighted by atomic mass is 31.2. The Hall–Kier alpha value is -2.52. The van der Waals surface area contributed by atoms with E-state index in [4.69, 9.17) is 0 Å². The molecule has 0 aliphatic rings. The second-order valence-corrected chi connectivity index (χ2v) is 15.8. The first-order chi connectivity index (χ1) is 13.5. The molecule has 0 fully saturated rings. The van der Waals surface area contributed by atoms with E-state index in [1.807, 2.05) is 6.08 Å². The Kier molecular flexibility index (Phi) is 6.58. The topological polar surface area (TPSA) is 0 Å². The van der Waals surface area contributed by atoms with E-state index in [-0.39, 0.29) is 0 Å². The Morgan fingerprint density at radius 1 is 0.643 bits per heavy atom. The molecule has 3 aromatic rings. The first kappa shape index (κ1) is 20.2. The molecule has 3 rings (SSSR count). The van der Waals surface area contributed by atoms with Crippen LogP contribution in [0.15, 0.2) is 103 Å². The number of benzene rings is 3. The van der Waals surface area contributed by atoms with Gasteiger partial charge >= 0.3 is 0 Å². The normalized spacial score (nSPS) is 11.7. The summed E-state index contributed by atoms with van der Waals surface area (Å²) in [6.45, 7) is 4.91. The van der Waals surface area contributed by atoms with Crippen molar-refractivity contribution < 1.29 is 0 Å². The van der Waals surface area contributed by atoms with Crippen LogP contribution in [0.5, 0.6) is 0 Å². The zero-order valence-corrected chi connectivity index (χ0v) is 18.7. The smallest absolute Gasteiger partial charge is 0.127 e. The van der Waals surface area contributed by atoms with Gasteiger partial charge in [-0.2, -0.15) is 0 Å². The van der Waals surface area contributed by atoms with Crippen LogP contribution in [-0.4, -0.2) is 13.9 Å². The van der Waals surface area contributed by atoms with Gasteiger partial charge in [0.2, 0.25) is 0 Å². The van der Waals surface area contributed by atoms with Crippen LogP contribution < -0.4 is 15.9 Å². The van der Waals surface area contributed by atoms with Crippen LogP contribution in [-0.2, 0) is 0 Å². The lowest BCUT2D eigenvalue weighted by atomic mass is 10.4. The summed E-state index contributed by atoms with van der Waals surface area (Å²) < 4.78 is 0. The van der Waals surface area contributed by atoms with Gasteiger partial charge in [0.05, 0.1) is 0 Å². The van der Waals surface area contributed by atoms with Gasteiger partial charge in [0.1, 0.15) is 8.07 Å². The van der Waals surface area contributed by atoms with Crippen molar-refractivity contribution in [3.8, 4) is 11.5 Å². The van der Waals surface area contributed by atoms with Crippen molar-refractivity contribution in [1.82, 2.24) is 0 Å². The second kappa shape index (κ2) is 9.11. The Balaban J connectivity index is 2.27. The molecule has 0 N–H and O–H groups in total. The van der Waals surface area contributed by atoms with E-state index in [0.717, 1.165) is 0 Å².